The standard InChI is InChI=1S/C16H17N3O6/c1-4-18-13(21)14(22)19(16(18)24)8-12(20)17-11-7-10(15(23)25-3)6-5-9(11)2/h5-7H,4,8H2,1-3H3,(H,17,20). The van der Waals surface area contributed by atoms with Crippen LogP contribution in [-0.4, -0.2) is 59.7 Å². The number of anilines is 1. The minimum absolute atomic E-state index is 0.0435. The third-order valence-electron chi connectivity index (χ3n) is 3.69. The zero-order chi connectivity index (χ0) is 18.7. The number of hydrogen-bond donors (Lipinski definition) is 1. The van der Waals surface area contributed by atoms with Crippen LogP contribution in [0.5, 0.6) is 0 Å². The minimum atomic E-state index is -1.04. The van der Waals surface area contributed by atoms with E-state index in [1.54, 1.807) is 26.0 Å². The number of amides is 5. The maximum Gasteiger partial charge on any atom is 0.337 e. The summed E-state index contributed by atoms with van der Waals surface area (Å²) in [5.74, 6) is -3.23. The number of carbonyl (C=O) groups excluding carboxylic acids is 5. The molecule has 0 bridgehead atoms. The Morgan fingerprint density at radius 3 is 2.32 bits per heavy atom. The third kappa shape index (κ3) is 3.49. The fraction of sp³-hybridized carbons (Fsp3) is 0.312. The van der Waals surface area contributed by atoms with Crippen LogP contribution >= 0.6 is 0 Å². The fourth-order valence-electron chi connectivity index (χ4n) is 2.30. The molecule has 0 aliphatic carbocycles. The second-order valence-corrected chi connectivity index (χ2v) is 5.29. The van der Waals surface area contributed by atoms with Gasteiger partial charge in [-0.2, -0.15) is 0 Å². The number of esters is 1. The van der Waals surface area contributed by atoms with Crippen LogP contribution in [0.3, 0.4) is 0 Å². The highest BCUT2D eigenvalue weighted by molar-refractivity contribution is 6.45. The molecule has 0 saturated carbocycles. The smallest absolute Gasteiger partial charge is 0.337 e. The molecule has 1 aliphatic heterocycles. The summed E-state index contributed by atoms with van der Waals surface area (Å²) in [7, 11) is 1.24. The van der Waals surface area contributed by atoms with Crippen LogP contribution < -0.4 is 5.32 Å². The van der Waals surface area contributed by atoms with Gasteiger partial charge in [-0.1, -0.05) is 6.07 Å². The quantitative estimate of drug-likeness (QED) is 0.472. The number of nitrogens with one attached hydrogen (secondary N) is 1. The van der Waals surface area contributed by atoms with Crippen molar-refractivity contribution in [3.05, 3.63) is 29.3 Å². The summed E-state index contributed by atoms with van der Waals surface area (Å²) in [6.45, 7) is 2.71. The number of methoxy groups -OCH3 is 1. The van der Waals surface area contributed by atoms with Crippen LogP contribution in [0.4, 0.5) is 10.5 Å². The Bertz CT molecular complexity index is 773. The molecule has 0 atom stereocenters. The van der Waals surface area contributed by atoms with E-state index in [4.69, 9.17) is 0 Å². The topological polar surface area (TPSA) is 113 Å². The second kappa shape index (κ2) is 7.12. The normalized spacial score (nSPS) is 14.1. The van der Waals surface area contributed by atoms with Gasteiger partial charge in [0, 0.05) is 12.2 Å². The highest BCUT2D eigenvalue weighted by Crippen LogP contribution is 2.18. The van der Waals surface area contributed by atoms with Gasteiger partial charge in [0.25, 0.3) is 0 Å². The van der Waals surface area contributed by atoms with Crippen LogP contribution in [0, 0.1) is 6.92 Å². The molecule has 2 rings (SSSR count). The lowest BCUT2D eigenvalue weighted by Gasteiger charge is -2.15. The lowest BCUT2D eigenvalue weighted by atomic mass is 10.1. The average Bonchev–Trinajstić information content (AvgIpc) is 2.79. The summed E-state index contributed by atoms with van der Waals surface area (Å²) < 4.78 is 4.62. The van der Waals surface area contributed by atoms with Crippen molar-refractivity contribution in [1.29, 1.82) is 0 Å². The van der Waals surface area contributed by atoms with E-state index in [1.807, 2.05) is 0 Å². The van der Waals surface area contributed by atoms with E-state index in [2.05, 4.69) is 10.1 Å². The molecule has 1 fully saturated rings. The number of nitrogens with zero attached hydrogens (tertiary/aromatic N) is 2. The SMILES string of the molecule is CCN1C(=O)C(=O)N(CC(=O)Nc2cc(C(=O)OC)ccc2C)C1=O. The minimum Gasteiger partial charge on any atom is -0.465 e. The van der Waals surface area contributed by atoms with Gasteiger partial charge in [-0.3, -0.25) is 19.3 Å². The summed E-state index contributed by atoms with van der Waals surface area (Å²) in [6, 6.07) is 3.77. The number of imide groups is 2. The van der Waals surface area contributed by atoms with Crippen molar-refractivity contribution in [2.24, 2.45) is 0 Å². The Morgan fingerprint density at radius 2 is 1.76 bits per heavy atom. The molecule has 9 heteroatoms. The molecular formula is C16H17N3O6. The molecule has 5 amide bonds. The molecule has 1 saturated heterocycles. The third-order valence-corrected chi connectivity index (χ3v) is 3.69. The molecule has 0 radical (unpaired) electrons. The Morgan fingerprint density at radius 1 is 1.12 bits per heavy atom. The first-order chi connectivity index (χ1) is 11.8. The van der Waals surface area contributed by atoms with Crippen LogP contribution in [0.2, 0.25) is 0 Å². The van der Waals surface area contributed by atoms with Gasteiger partial charge in [0.1, 0.15) is 6.54 Å². The average molecular weight is 347 g/mol. The van der Waals surface area contributed by atoms with Gasteiger partial charge in [0.15, 0.2) is 0 Å². The van der Waals surface area contributed by atoms with E-state index < -0.39 is 36.3 Å². The number of aryl methyl sites for hydroxylation is 1. The van der Waals surface area contributed by atoms with Gasteiger partial charge < -0.3 is 10.1 Å². The van der Waals surface area contributed by atoms with Crippen molar-refractivity contribution in [2.75, 3.05) is 25.5 Å². The summed E-state index contributed by atoms with van der Waals surface area (Å²) in [4.78, 5) is 60.5. The molecule has 0 aromatic heterocycles. The lowest BCUT2D eigenvalue weighted by Crippen LogP contribution is -2.39. The van der Waals surface area contributed by atoms with Gasteiger partial charge in [-0.15, -0.1) is 0 Å². The highest BCUT2D eigenvalue weighted by Gasteiger charge is 2.44. The van der Waals surface area contributed by atoms with E-state index in [-0.39, 0.29) is 12.1 Å². The summed E-state index contributed by atoms with van der Waals surface area (Å²) in [6.07, 6.45) is 0. The van der Waals surface area contributed by atoms with Gasteiger partial charge in [-0.25, -0.2) is 14.5 Å². The predicted octanol–water partition coefficient (Wildman–Crippen LogP) is 0.531. The molecular weight excluding hydrogens is 330 g/mol. The largest absolute Gasteiger partial charge is 0.465 e. The van der Waals surface area contributed by atoms with Crippen LogP contribution in [0.25, 0.3) is 0 Å². The summed E-state index contributed by atoms with van der Waals surface area (Å²) in [5.41, 5.74) is 1.25. The molecule has 0 spiro atoms. The Labute approximate surface area is 143 Å². The first-order valence-electron chi connectivity index (χ1n) is 7.46. The number of hydrogen-bond acceptors (Lipinski definition) is 6. The van der Waals surface area contributed by atoms with Crippen molar-refractivity contribution in [3.63, 3.8) is 0 Å². The summed E-state index contributed by atoms with van der Waals surface area (Å²) >= 11 is 0. The lowest BCUT2D eigenvalue weighted by molar-refractivity contribution is -0.143. The molecule has 0 unspecified atom stereocenters. The molecule has 1 N–H and O–H groups in total. The van der Waals surface area contributed by atoms with Gasteiger partial charge in [0.2, 0.25) is 5.91 Å². The zero-order valence-corrected chi connectivity index (χ0v) is 14.0. The second-order valence-electron chi connectivity index (χ2n) is 5.29. The number of rotatable bonds is 5. The maximum atomic E-state index is 12.2. The number of ether oxygens (including phenoxy) is 1. The van der Waals surface area contributed by atoms with Crippen molar-refractivity contribution in [3.8, 4) is 0 Å². The van der Waals surface area contributed by atoms with Gasteiger partial charge in [-0.05, 0) is 31.5 Å². The van der Waals surface area contributed by atoms with Gasteiger partial charge in [0.05, 0.1) is 12.7 Å². The van der Waals surface area contributed by atoms with Crippen LogP contribution in [0.1, 0.15) is 22.8 Å². The highest BCUT2D eigenvalue weighted by atomic mass is 16.5. The van der Waals surface area contributed by atoms with E-state index in [1.165, 1.54) is 13.2 Å². The Kier molecular flexibility index (Phi) is 5.16. The Balaban J connectivity index is 2.13. The van der Waals surface area contributed by atoms with E-state index in [0.717, 1.165) is 4.90 Å². The molecule has 1 aromatic carbocycles. The van der Waals surface area contributed by atoms with Crippen molar-refractivity contribution < 1.29 is 28.7 Å². The molecule has 1 heterocycles. The zero-order valence-electron chi connectivity index (χ0n) is 14.0. The van der Waals surface area contributed by atoms with E-state index in [0.29, 0.717) is 16.2 Å². The first kappa shape index (κ1) is 18.1. The van der Waals surface area contributed by atoms with E-state index in [9.17, 15) is 24.0 Å². The number of likely N-dealkylation sites (N-methyl/N-ethyl adjacent to an activating group) is 1. The van der Waals surface area contributed by atoms with Crippen LogP contribution in [0.15, 0.2) is 18.2 Å². The molecule has 1 aliphatic rings. The van der Waals surface area contributed by atoms with E-state index >= 15 is 0 Å². The predicted molar refractivity (Wildman–Crippen MR) is 85.6 cm³/mol. The first-order valence-corrected chi connectivity index (χ1v) is 7.46. The Hall–Kier alpha value is -3.23. The molecule has 1 aromatic rings. The van der Waals surface area contributed by atoms with Crippen molar-refractivity contribution >= 4 is 35.4 Å². The van der Waals surface area contributed by atoms with Gasteiger partial charge >= 0.3 is 23.8 Å². The molecule has 25 heavy (non-hydrogen) atoms. The molecule has 9 nitrogen and oxygen atoms in total. The maximum absolute atomic E-state index is 12.2. The number of urea groups is 1. The number of benzene rings is 1. The molecule has 132 valence electrons. The summed E-state index contributed by atoms with van der Waals surface area (Å²) in [5, 5.41) is 2.52. The number of carbonyl (C=O) groups is 5. The monoisotopic (exact) mass is 347 g/mol. The van der Waals surface area contributed by atoms with Crippen LogP contribution in [-0.2, 0) is 19.1 Å². The van der Waals surface area contributed by atoms with Crippen molar-refractivity contribution in [2.45, 2.75) is 13.8 Å². The van der Waals surface area contributed by atoms with Crippen molar-refractivity contribution in [1.82, 2.24) is 9.80 Å². The fourth-order valence-corrected chi connectivity index (χ4v) is 2.30.